The molecule has 5 nitrogen and oxygen atoms in total. The smallest absolute Gasteiger partial charge is 0.317 e. The standard InChI is InChI=1S/C18H28N2O3/c1-3-4-5-17(15-6-8-16(23-2)9-7-15)19-18(22)20-11-10-14(12-20)13-21/h6-9,14,17,21H,3-5,10-13H2,1-2H3,(H,19,22). The first-order chi connectivity index (χ1) is 11.2. The second-order valence-electron chi connectivity index (χ2n) is 6.20. The molecule has 0 aromatic heterocycles. The van der Waals surface area contributed by atoms with Crippen LogP contribution in [0.4, 0.5) is 4.79 Å². The lowest BCUT2D eigenvalue weighted by Crippen LogP contribution is -2.40. The maximum atomic E-state index is 12.5. The first kappa shape index (κ1) is 17.6. The van der Waals surface area contributed by atoms with Crippen molar-refractivity contribution in [2.45, 2.75) is 38.6 Å². The summed E-state index contributed by atoms with van der Waals surface area (Å²) in [5.74, 6) is 1.04. The van der Waals surface area contributed by atoms with E-state index in [-0.39, 0.29) is 24.6 Å². The molecule has 2 rings (SSSR count). The minimum Gasteiger partial charge on any atom is -0.497 e. The summed E-state index contributed by atoms with van der Waals surface area (Å²) >= 11 is 0. The van der Waals surface area contributed by atoms with Crippen LogP contribution in [-0.4, -0.2) is 42.8 Å². The van der Waals surface area contributed by atoms with Crippen molar-refractivity contribution in [3.63, 3.8) is 0 Å². The lowest BCUT2D eigenvalue weighted by molar-refractivity contribution is 0.194. The molecule has 2 unspecified atom stereocenters. The van der Waals surface area contributed by atoms with Gasteiger partial charge in [0.25, 0.3) is 0 Å². The number of methoxy groups -OCH3 is 1. The van der Waals surface area contributed by atoms with E-state index in [0.717, 1.165) is 43.5 Å². The lowest BCUT2D eigenvalue weighted by Gasteiger charge is -2.24. The van der Waals surface area contributed by atoms with Crippen LogP contribution in [0.15, 0.2) is 24.3 Å². The number of unbranched alkanes of at least 4 members (excludes halogenated alkanes) is 1. The number of carbonyl (C=O) groups excluding carboxylic acids is 1. The number of hydrogen-bond donors (Lipinski definition) is 2. The van der Waals surface area contributed by atoms with E-state index in [2.05, 4.69) is 12.2 Å². The molecule has 1 aromatic rings. The number of rotatable bonds is 7. The number of aliphatic hydroxyl groups is 1. The van der Waals surface area contributed by atoms with Gasteiger partial charge in [-0.1, -0.05) is 31.9 Å². The second-order valence-corrected chi connectivity index (χ2v) is 6.20. The summed E-state index contributed by atoms with van der Waals surface area (Å²) in [5, 5.41) is 12.4. The summed E-state index contributed by atoms with van der Waals surface area (Å²) in [4.78, 5) is 14.3. The van der Waals surface area contributed by atoms with Crippen LogP contribution in [0, 0.1) is 5.92 Å². The molecule has 0 radical (unpaired) electrons. The highest BCUT2D eigenvalue weighted by Gasteiger charge is 2.27. The number of urea groups is 1. The molecule has 1 heterocycles. The van der Waals surface area contributed by atoms with Crippen molar-refractivity contribution in [3.8, 4) is 5.75 Å². The fourth-order valence-corrected chi connectivity index (χ4v) is 2.97. The van der Waals surface area contributed by atoms with Gasteiger partial charge in [-0.3, -0.25) is 0 Å². The highest BCUT2D eigenvalue weighted by molar-refractivity contribution is 5.75. The molecule has 5 heteroatoms. The predicted octanol–water partition coefficient (Wildman–Crippen LogP) is 2.95. The highest BCUT2D eigenvalue weighted by atomic mass is 16.5. The van der Waals surface area contributed by atoms with Gasteiger partial charge in [-0.2, -0.15) is 0 Å². The summed E-state index contributed by atoms with van der Waals surface area (Å²) < 4.78 is 5.20. The number of aliphatic hydroxyl groups excluding tert-OH is 1. The molecule has 0 aliphatic carbocycles. The van der Waals surface area contributed by atoms with Crippen LogP contribution in [0.3, 0.4) is 0 Å². The Morgan fingerprint density at radius 2 is 2.17 bits per heavy atom. The minimum atomic E-state index is -0.0297. The van der Waals surface area contributed by atoms with Crippen molar-refractivity contribution in [1.29, 1.82) is 0 Å². The number of carbonyl (C=O) groups is 1. The third-order valence-electron chi connectivity index (χ3n) is 4.49. The van der Waals surface area contributed by atoms with E-state index in [1.54, 1.807) is 7.11 Å². The molecule has 0 spiro atoms. The van der Waals surface area contributed by atoms with E-state index >= 15 is 0 Å². The summed E-state index contributed by atoms with van der Waals surface area (Å²) in [5.41, 5.74) is 1.10. The van der Waals surface area contributed by atoms with E-state index in [1.807, 2.05) is 29.2 Å². The van der Waals surface area contributed by atoms with Gasteiger partial charge in [0.1, 0.15) is 5.75 Å². The zero-order chi connectivity index (χ0) is 16.7. The molecule has 23 heavy (non-hydrogen) atoms. The Morgan fingerprint density at radius 1 is 1.43 bits per heavy atom. The second kappa shape index (κ2) is 8.77. The Kier molecular flexibility index (Phi) is 6.71. The molecule has 2 N–H and O–H groups in total. The van der Waals surface area contributed by atoms with Gasteiger partial charge in [-0.25, -0.2) is 4.79 Å². The molecule has 2 amide bonds. The van der Waals surface area contributed by atoms with Gasteiger partial charge in [0.15, 0.2) is 0 Å². The molecule has 0 saturated carbocycles. The van der Waals surface area contributed by atoms with Gasteiger partial charge in [-0.15, -0.1) is 0 Å². The molecule has 1 saturated heterocycles. The Bertz CT molecular complexity index is 490. The summed E-state index contributed by atoms with van der Waals surface area (Å²) in [7, 11) is 1.65. The van der Waals surface area contributed by atoms with Crippen molar-refractivity contribution in [2.75, 3.05) is 26.8 Å². The molecule has 1 aliphatic rings. The van der Waals surface area contributed by atoms with Crippen LogP contribution in [0.5, 0.6) is 5.75 Å². The van der Waals surface area contributed by atoms with Crippen molar-refractivity contribution >= 4 is 6.03 Å². The number of nitrogens with one attached hydrogen (secondary N) is 1. The third-order valence-corrected chi connectivity index (χ3v) is 4.49. The van der Waals surface area contributed by atoms with Crippen LogP contribution in [0.25, 0.3) is 0 Å². The van der Waals surface area contributed by atoms with E-state index < -0.39 is 0 Å². The lowest BCUT2D eigenvalue weighted by atomic mass is 10.0. The first-order valence-corrected chi connectivity index (χ1v) is 8.48. The largest absolute Gasteiger partial charge is 0.497 e. The quantitative estimate of drug-likeness (QED) is 0.812. The van der Waals surface area contributed by atoms with E-state index in [4.69, 9.17) is 4.74 Å². The van der Waals surface area contributed by atoms with E-state index in [9.17, 15) is 9.90 Å². The van der Waals surface area contributed by atoms with E-state index in [1.165, 1.54) is 0 Å². The molecular formula is C18H28N2O3. The summed E-state index contributed by atoms with van der Waals surface area (Å²) in [6, 6.07) is 7.87. The highest BCUT2D eigenvalue weighted by Crippen LogP contribution is 2.23. The summed E-state index contributed by atoms with van der Waals surface area (Å²) in [6.07, 6.45) is 3.97. The van der Waals surface area contributed by atoms with Crippen molar-refractivity contribution < 1.29 is 14.6 Å². The van der Waals surface area contributed by atoms with Crippen molar-refractivity contribution in [2.24, 2.45) is 5.92 Å². The first-order valence-electron chi connectivity index (χ1n) is 8.48. The van der Waals surface area contributed by atoms with Crippen LogP contribution in [0.1, 0.15) is 44.2 Å². The molecule has 1 aliphatic heterocycles. The maximum absolute atomic E-state index is 12.5. The van der Waals surface area contributed by atoms with Gasteiger partial charge in [0.05, 0.1) is 13.2 Å². The Morgan fingerprint density at radius 3 is 2.74 bits per heavy atom. The Labute approximate surface area is 138 Å². The fraction of sp³-hybridized carbons (Fsp3) is 0.611. The topological polar surface area (TPSA) is 61.8 Å². The van der Waals surface area contributed by atoms with Crippen LogP contribution in [0.2, 0.25) is 0 Å². The zero-order valence-corrected chi connectivity index (χ0v) is 14.1. The number of likely N-dealkylation sites (tertiary alicyclic amines) is 1. The fourth-order valence-electron chi connectivity index (χ4n) is 2.97. The molecule has 0 bridgehead atoms. The minimum absolute atomic E-state index is 0.0153. The van der Waals surface area contributed by atoms with Gasteiger partial charge in [0, 0.05) is 25.6 Å². The number of hydrogen-bond acceptors (Lipinski definition) is 3. The number of benzene rings is 1. The summed E-state index contributed by atoms with van der Waals surface area (Å²) in [6.45, 7) is 3.67. The molecular weight excluding hydrogens is 292 g/mol. The number of nitrogens with zero attached hydrogens (tertiary/aromatic N) is 1. The van der Waals surface area contributed by atoms with Crippen LogP contribution >= 0.6 is 0 Å². The molecule has 2 atom stereocenters. The normalized spacial score (nSPS) is 18.7. The van der Waals surface area contributed by atoms with Gasteiger partial charge in [-0.05, 0) is 30.5 Å². The zero-order valence-electron chi connectivity index (χ0n) is 14.1. The molecule has 1 aromatic carbocycles. The van der Waals surface area contributed by atoms with Gasteiger partial charge < -0.3 is 20.1 Å². The number of amides is 2. The van der Waals surface area contributed by atoms with Crippen LogP contribution < -0.4 is 10.1 Å². The van der Waals surface area contributed by atoms with Crippen molar-refractivity contribution in [1.82, 2.24) is 10.2 Å². The van der Waals surface area contributed by atoms with E-state index in [0.29, 0.717) is 6.54 Å². The van der Waals surface area contributed by atoms with Crippen LogP contribution in [-0.2, 0) is 0 Å². The SMILES string of the molecule is CCCCC(NC(=O)N1CCC(CO)C1)c1ccc(OC)cc1. The predicted molar refractivity (Wildman–Crippen MR) is 90.6 cm³/mol. The maximum Gasteiger partial charge on any atom is 0.317 e. The average molecular weight is 320 g/mol. The van der Waals surface area contributed by atoms with Gasteiger partial charge >= 0.3 is 6.03 Å². The average Bonchev–Trinajstić information content (AvgIpc) is 3.08. The Balaban J connectivity index is 2.01. The third kappa shape index (κ3) is 4.86. The molecule has 128 valence electrons. The number of ether oxygens (including phenoxy) is 1. The monoisotopic (exact) mass is 320 g/mol. The van der Waals surface area contributed by atoms with Crippen molar-refractivity contribution in [3.05, 3.63) is 29.8 Å². The molecule has 1 fully saturated rings. The Hall–Kier alpha value is -1.75. The van der Waals surface area contributed by atoms with Gasteiger partial charge in [0.2, 0.25) is 0 Å².